The second kappa shape index (κ2) is 10.0. The highest BCUT2D eigenvalue weighted by molar-refractivity contribution is 6.34. The number of carboxylic acid groups (broad SMARTS) is 1. The Morgan fingerprint density at radius 1 is 1.18 bits per heavy atom. The zero-order valence-corrected chi connectivity index (χ0v) is 20.4. The lowest BCUT2D eigenvalue weighted by atomic mass is 10.0. The first-order chi connectivity index (χ1) is 16.2. The third-order valence-corrected chi connectivity index (χ3v) is 6.24. The number of pyridine rings is 1. The van der Waals surface area contributed by atoms with Gasteiger partial charge in [0.2, 0.25) is 0 Å². The Morgan fingerprint density at radius 3 is 2.62 bits per heavy atom. The molecule has 8 nitrogen and oxygen atoms in total. The number of hydrogen-bond acceptors (Lipinski definition) is 5. The lowest BCUT2D eigenvalue weighted by Crippen LogP contribution is -2.30. The van der Waals surface area contributed by atoms with Crippen molar-refractivity contribution in [3.8, 4) is 0 Å². The van der Waals surface area contributed by atoms with Crippen LogP contribution < -0.4 is 10.6 Å². The van der Waals surface area contributed by atoms with Crippen molar-refractivity contribution in [1.29, 1.82) is 0 Å². The molecule has 1 unspecified atom stereocenters. The van der Waals surface area contributed by atoms with Crippen LogP contribution in [0.2, 0.25) is 10.0 Å². The van der Waals surface area contributed by atoms with Gasteiger partial charge in [-0.2, -0.15) is 5.10 Å². The summed E-state index contributed by atoms with van der Waals surface area (Å²) in [6.45, 7) is 5.11. The molecule has 3 heterocycles. The average molecular weight is 502 g/mol. The van der Waals surface area contributed by atoms with Crippen molar-refractivity contribution < 1.29 is 14.7 Å². The number of nitrogens with zero attached hydrogens (tertiary/aromatic N) is 3. The molecule has 0 radical (unpaired) electrons. The molecule has 178 valence electrons. The molecule has 2 aromatic heterocycles. The summed E-state index contributed by atoms with van der Waals surface area (Å²) in [5, 5.41) is 20.7. The molecule has 0 saturated carbocycles. The predicted molar refractivity (Wildman–Crippen MR) is 131 cm³/mol. The molecule has 1 aliphatic rings. The van der Waals surface area contributed by atoms with Gasteiger partial charge in [-0.25, -0.2) is 4.98 Å². The maximum atomic E-state index is 13.1. The van der Waals surface area contributed by atoms with Gasteiger partial charge in [0.15, 0.2) is 0 Å². The quantitative estimate of drug-likeness (QED) is 0.437. The maximum Gasteiger partial charge on any atom is 0.305 e. The van der Waals surface area contributed by atoms with Gasteiger partial charge in [0.05, 0.1) is 30.3 Å². The van der Waals surface area contributed by atoms with Crippen LogP contribution in [0.5, 0.6) is 0 Å². The molecule has 0 saturated heterocycles. The summed E-state index contributed by atoms with van der Waals surface area (Å²) in [4.78, 5) is 29.2. The Hall–Kier alpha value is -3.10. The SMILES string of the molecule is Cc1nc2c(cc1Cn1cc(C(=O)NC(CC(=O)O)c3cc(Cl)cc(Cl)c3)c(C)n1)CCCN2. The number of amides is 1. The fraction of sp³-hybridized carbons (Fsp3) is 0.333. The van der Waals surface area contributed by atoms with E-state index in [0.717, 1.165) is 36.5 Å². The molecule has 1 amide bonds. The van der Waals surface area contributed by atoms with Crippen molar-refractivity contribution >= 4 is 40.9 Å². The zero-order chi connectivity index (χ0) is 24.4. The van der Waals surface area contributed by atoms with Crippen molar-refractivity contribution in [3.63, 3.8) is 0 Å². The van der Waals surface area contributed by atoms with Crippen molar-refractivity contribution in [1.82, 2.24) is 20.1 Å². The Labute approximate surface area is 207 Å². The third-order valence-electron chi connectivity index (χ3n) is 5.81. The van der Waals surface area contributed by atoms with Crippen LogP contribution in [0.1, 0.15) is 57.3 Å². The molecule has 1 aliphatic heterocycles. The molecule has 34 heavy (non-hydrogen) atoms. The molecule has 1 aromatic carbocycles. The number of rotatable bonds is 7. The highest BCUT2D eigenvalue weighted by atomic mass is 35.5. The van der Waals surface area contributed by atoms with E-state index in [1.54, 1.807) is 36.0 Å². The minimum atomic E-state index is -1.06. The maximum absolute atomic E-state index is 13.1. The number of carboxylic acids is 1. The van der Waals surface area contributed by atoms with Gasteiger partial charge in [0.1, 0.15) is 5.82 Å². The first kappa shape index (κ1) is 24.0. The Balaban J connectivity index is 1.55. The number of aryl methyl sites for hydroxylation is 3. The van der Waals surface area contributed by atoms with Gasteiger partial charge in [0, 0.05) is 28.5 Å². The summed E-state index contributed by atoms with van der Waals surface area (Å²) >= 11 is 12.2. The van der Waals surface area contributed by atoms with E-state index in [-0.39, 0.29) is 6.42 Å². The lowest BCUT2D eigenvalue weighted by Gasteiger charge is -2.19. The van der Waals surface area contributed by atoms with E-state index in [1.165, 1.54) is 5.56 Å². The van der Waals surface area contributed by atoms with Crippen molar-refractivity contribution in [2.24, 2.45) is 0 Å². The summed E-state index contributed by atoms with van der Waals surface area (Å²) in [6.07, 6.45) is 3.40. The molecule has 0 bridgehead atoms. The van der Waals surface area contributed by atoms with Gasteiger partial charge in [-0.05, 0) is 67.6 Å². The van der Waals surface area contributed by atoms with Gasteiger partial charge in [-0.15, -0.1) is 0 Å². The number of anilines is 1. The molecule has 0 spiro atoms. The second-order valence-corrected chi connectivity index (χ2v) is 9.30. The molecule has 3 aromatic rings. The molecule has 3 N–H and O–H groups in total. The van der Waals surface area contributed by atoms with E-state index in [1.807, 2.05) is 6.92 Å². The van der Waals surface area contributed by atoms with Crippen molar-refractivity contribution in [3.05, 3.63) is 74.1 Å². The highest BCUT2D eigenvalue weighted by Crippen LogP contribution is 2.26. The molecule has 0 aliphatic carbocycles. The fourth-order valence-corrected chi connectivity index (χ4v) is 4.66. The molecular weight excluding hydrogens is 477 g/mol. The number of halogens is 2. The second-order valence-electron chi connectivity index (χ2n) is 8.42. The number of carbonyl (C=O) groups is 2. The number of aliphatic carboxylic acids is 1. The summed E-state index contributed by atoms with van der Waals surface area (Å²) in [5.41, 5.74) is 4.56. The smallest absolute Gasteiger partial charge is 0.305 e. The first-order valence-electron chi connectivity index (χ1n) is 11.0. The van der Waals surface area contributed by atoms with Crippen LogP contribution in [0, 0.1) is 13.8 Å². The van der Waals surface area contributed by atoms with Gasteiger partial charge in [-0.3, -0.25) is 14.3 Å². The largest absolute Gasteiger partial charge is 0.481 e. The van der Waals surface area contributed by atoms with Crippen LogP contribution in [0.15, 0.2) is 30.5 Å². The fourth-order valence-electron chi connectivity index (χ4n) is 4.12. The van der Waals surface area contributed by atoms with Gasteiger partial charge in [-0.1, -0.05) is 23.2 Å². The summed E-state index contributed by atoms with van der Waals surface area (Å²) in [5.74, 6) is -0.538. The Kier molecular flexibility index (Phi) is 7.09. The van der Waals surface area contributed by atoms with E-state index < -0.39 is 17.9 Å². The first-order valence-corrected chi connectivity index (χ1v) is 11.7. The van der Waals surface area contributed by atoms with Crippen LogP contribution in [0.3, 0.4) is 0 Å². The molecular formula is C24H25Cl2N5O3. The van der Waals surface area contributed by atoms with E-state index >= 15 is 0 Å². The lowest BCUT2D eigenvalue weighted by molar-refractivity contribution is -0.137. The number of carbonyl (C=O) groups excluding carboxylic acids is 1. The molecule has 10 heteroatoms. The standard InChI is InChI=1S/C24H25Cl2N5O3/c1-13-17(6-15-4-3-5-27-23(15)28-13)11-31-12-20(14(2)30-31)24(34)29-21(10-22(32)33)16-7-18(25)9-19(26)8-16/h6-9,12,21H,3-5,10-11H2,1-2H3,(H,27,28)(H,29,34)(H,32,33). The van der Waals surface area contributed by atoms with Gasteiger partial charge < -0.3 is 15.7 Å². The summed E-state index contributed by atoms with van der Waals surface area (Å²) in [7, 11) is 0. The van der Waals surface area contributed by atoms with Crippen LogP contribution in [-0.4, -0.2) is 38.3 Å². The normalized spacial score (nSPS) is 13.6. The van der Waals surface area contributed by atoms with Crippen LogP contribution in [-0.2, 0) is 17.8 Å². The number of nitrogens with one attached hydrogen (secondary N) is 2. The number of benzene rings is 1. The minimum Gasteiger partial charge on any atom is -0.481 e. The number of aromatic nitrogens is 3. The average Bonchev–Trinajstić information content (AvgIpc) is 3.13. The number of fused-ring (bicyclic) bond motifs is 1. The minimum absolute atomic E-state index is 0.316. The van der Waals surface area contributed by atoms with E-state index in [4.69, 9.17) is 23.2 Å². The molecule has 0 fully saturated rings. The number of hydrogen-bond donors (Lipinski definition) is 3. The predicted octanol–water partition coefficient (Wildman–Crippen LogP) is 4.55. The monoisotopic (exact) mass is 501 g/mol. The Morgan fingerprint density at radius 2 is 1.91 bits per heavy atom. The van der Waals surface area contributed by atoms with Crippen molar-refractivity contribution in [2.45, 2.75) is 45.7 Å². The molecule has 1 atom stereocenters. The topological polar surface area (TPSA) is 109 Å². The van der Waals surface area contributed by atoms with Crippen LogP contribution in [0.25, 0.3) is 0 Å². The Bertz CT molecular complexity index is 1240. The van der Waals surface area contributed by atoms with Gasteiger partial charge >= 0.3 is 5.97 Å². The molecule has 4 rings (SSSR count). The third kappa shape index (κ3) is 5.51. The van der Waals surface area contributed by atoms with Crippen LogP contribution in [0.4, 0.5) is 5.82 Å². The van der Waals surface area contributed by atoms with Gasteiger partial charge in [0.25, 0.3) is 5.91 Å². The van der Waals surface area contributed by atoms with E-state index in [0.29, 0.717) is 33.4 Å². The van der Waals surface area contributed by atoms with Crippen LogP contribution >= 0.6 is 23.2 Å². The summed E-state index contributed by atoms with van der Waals surface area (Å²) in [6, 6.07) is 6.08. The highest BCUT2D eigenvalue weighted by Gasteiger charge is 2.23. The van der Waals surface area contributed by atoms with Crippen molar-refractivity contribution in [2.75, 3.05) is 11.9 Å². The van der Waals surface area contributed by atoms with E-state index in [2.05, 4.69) is 26.8 Å². The van der Waals surface area contributed by atoms with E-state index in [9.17, 15) is 14.7 Å². The summed E-state index contributed by atoms with van der Waals surface area (Å²) < 4.78 is 1.71. The zero-order valence-electron chi connectivity index (χ0n) is 18.9.